The van der Waals surface area contributed by atoms with E-state index in [9.17, 15) is 9.59 Å². The van der Waals surface area contributed by atoms with Gasteiger partial charge in [0.1, 0.15) is 12.2 Å². The van der Waals surface area contributed by atoms with Crippen molar-refractivity contribution in [2.75, 3.05) is 20.6 Å². The fraction of sp³-hybridized carbons (Fsp3) is 0.500. The SMILES string of the molecule is CC(CN(C)C)NC(=O)c1cccn1CC(=O)O. The summed E-state index contributed by atoms with van der Waals surface area (Å²) in [6.45, 7) is 2.42. The van der Waals surface area contributed by atoms with Crippen molar-refractivity contribution in [1.82, 2.24) is 14.8 Å². The summed E-state index contributed by atoms with van der Waals surface area (Å²) in [7, 11) is 3.85. The highest BCUT2D eigenvalue weighted by molar-refractivity contribution is 5.93. The number of nitrogens with zero attached hydrogens (tertiary/aromatic N) is 2. The Bertz CT molecular complexity index is 426. The van der Waals surface area contributed by atoms with Crippen LogP contribution in [0.25, 0.3) is 0 Å². The maximum Gasteiger partial charge on any atom is 0.323 e. The molecular formula is C12H19N3O3. The van der Waals surface area contributed by atoms with Crippen LogP contribution in [-0.4, -0.2) is 53.1 Å². The van der Waals surface area contributed by atoms with Gasteiger partial charge in [-0.1, -0.05) is 0 Å². The van der Waals surface area contributed by atoms with Crippen LogP contribution in [0.5, 0.6) is 0 Å². The lowest BCUT2D eigenvalue weighted by atomic mass is 10.3. The highest BCUT2D eigenvalue weighted by Gasteiger charge is 2.15. The Kier molecular flexibility index (Phi) is 4.91. The van der Waals surface area contributed by atoms with E-state index in [2.05, 4.69) is 5.32 Å². The molecule has 1 aromatic heterocycles. The lowest BCUT2D eigenvalue weighted by Crippen LogP contribution is -2.40. The molecule has 0 saturated heterocycles. The zero-order valence-corrected chi connectivity index (χ0v) is 10.9. The Labute approximate surface area is 106 Å². The molecule has 100 valence electrons. The van der Waals surface area contributed by atoms with Crippen LogP contribution in [0.1, 0.15) is 17.4 Å². The maximum atomic E-state index is 12.0. The van der Waals surface area contributed by atoms with Crippen molar-refractivity contribution in [1.29, 1.82) is 0 Å². The fourth-order valence-corrected chi connectivity index (χ4v) is 1.79. The van der Waals surface area contributed by atoms with E-state index in [1.807, 2.05) is 25.9 Å². The molecule has 0 fully saturated rings. The van der Waals surface area contributed by atoms with Crippen molar-refractivity contribution in [2.24, 2.45) is 0 Å². The van der Waals surface area contributed by atoms with Gasteiger partial charge in [-0.25, -0.2) is 0 Å². The molecule has 18 heavy (non-hydrogen) atoms. The third-order valence-electron chi connectivity index (χ3n) is 2.38. The van der Waals surface area contributed by atoms with Crippen LogP contribution in [0, 0.1) is 0 Å². The molecule has 2 N–H and O–H groups in total. The zero-order chi connectivity index (χ0) is 13.7. The molecule has 1 rings (SSSR count). The van der Waals surface area contributed by atoms with Crippen molar-refractivity contribution in [3.63, 3.8) is 0 Å². The first kappa shape index (κ1) is 14.2. The number of nitrogens with one attached hydrogen (secondary N) is 1. The van der Waals surface area contributed by atoms with E-state index in [4.69, 9.17) is 5.11 Å². The first-order valence-electron chi connectivity index (χ1n) is 5.72. The van der Waals surface area contributed by atoms with Gasteiger partial charge in [0.15, 0.2) is 0 Å². The second kappa shape index (κ2) is 6.20. The van der Waals surface area contributed by atoms with E-state index >= 15 is 0 Å². The number of carboxylic acid groups (broad SMARTS) is 1. The monoisotopic (exact) mass is 253 g/mol. The lowest BCUT2D eigenvalue weighted by molar-refractivity contribution is -0.137. The Morgan fingerprint density at radius 3 is 2.72 bits per heavy atom. The summed E-state index contributed by atoms with van der Waals surface area (Å²) in [5, 5.41) is 11.6. The molecule has 6 nitrogen and oxygen atoms in total. The van der Waals surface area contributed by atoms with Gasteiger partial charge < -0.3 is 19.9 Å². The number of carbonyl (C=O) groups is 2. The van der Waals surface area contributed by atoms with Gasteiger partial charge in [0.25, 0.3) is 5.91 Å². The molecule has 1 atom stereocenters. The predicted octanol–water partition coefficient (Wildman–Crippen LogP) is 0.253. The molecule has 0 bridgehead atoms. The molecule has 1 aromatic rings. The van der Waals surface area contributed by atoms with Gasteiger partial charge in [-0.2, -0.15) is 0 Å². The van der Waals surface area contributed by atoms with Crippen molar-refractivity contribution in [2.45, 2.75) is 19.5 Å². The largest absolute Gasteiger partial charge is 0.480 e. The van der Waals surface area contributed by atoms with Gasteiger partial charge in [0, 0.05) is 18.8 Å². The van der Waals surface area contributed by atoms with E-state index in [1.54, 1.807) is 18.3 Å². The standard InChI is InChI=1S/C12H19N3O3/c1-9(7-14(2)3)13-12(18)10-5-4-6-15(10)8-11(16)17/h4-6,9H,7-8H2,1-3H3,(H,13,18)(H,16,17). The highest BCUT2D eigenvalue weighted by Crippen LogP contribution is 2.03. The summed E-state index contributed by atoms with van der Waals surface area (Å²) in [5.41, 5.74) is 0.364. The van der Waals surface area contributed by atoms with Crippen molar-refractivity contribution >= 4 is 11.9 Å². The van der Waals surface area contributed by atoms with Crippen LogP contribution in [0.15, 0.2) is 18.3 Å². The zero-order valence-electron chi connectivity index (χ0n) is 10.9. The Hall–Kier alpha value is -1.82. The van der Waals surface area contributed by atoms with E-state index in [1.165, 1.54) is 4.57 Å². The lowest BCUT2D eigenvalue weighted by Gasteiger charge is -2.18. The average molecular weight is 253 g/mol. The summed E-state index contributed by atoms with van der Waals surface area (Å²) >= 11 is 0. The highest BCUT2D eigenvalue weighted by atomic mass is 16.4. The average Bonchev–Trinajstić information content (AvgIpc) is 2.62. The van der Waals surface area contributed by atoms with Crippen LogP contribution in [-0.2, 0) is 11.3 Å². The Morgan fingerprint density at radius 2 is 2.17 bits per heavy atom. The second-order valence-corrected chi connectivity index (χ2v) is 4.55. The molecule has 1 unspecified atom stereocenters. The minimum Gasteiger partial charge on any atom is -0.480 e. The summed E-state index contributed by atoms with van der Waals surface area (Å²) in [5.74, 6) is -1.22. The molecule has 1 heterocycles. The minimum atomic E-state index is -0.971. The van der Waals surface area contributed by atoms with Crippen LogP contribution < -0.4 is 5.32 Å². The number of likely N-dealkylation sites (N-methyl/N-ethyl adjacent to an activating group) is 1. The molecule has 0 aliphatic carbocycles. The van der Waals surface area contributed by atoms with Crippen LogP contribution in [0.3, 0.4) is 0 Å². The predicted molar refractivity (Wildman–Crippen MR) is 67.6 cm³/mol. The van der Waals surface area contributed by atoms with Gasteiger partial charge in [0.05, 0.1) is 0 Å². The minimum absolute atomic E-state index is 0.000628. The number of carboxylic acids is 1. The molecule has 0 aliphatic heterocycles. The molecule has 0 aliphatic rings. The van der Waals surface area contributed by atoms with Gasteiger partial charge in [0.2, 0.25) is 0 Å². The van der Waals surface area contributed by atoms with E-state index in [0.29, 0.717) is 5.69 Å². The summed E-state index contributed by atoms with van der Waals surface area (Å²) in [6.07, 6.45) is 1.58. The van der Waals surface area contributed by atoms with Gasteiger partial charge in [-0.05, 0) is 33.2 Å². The number of aromatic nitrogens is 1. The molecule has 0 radical (unpaired) electrons. The molecular weight excluding hydrogens is 234 g/mol. The molecule has 0 saturated carbocycles. The van der Waals surface area contributed by atoms with Crippen molar-refractivity contribution in [3.05, 3.63) is 24.0 Å². The number of rotatable bonds is 6. The summed E-state index contributed by atoms with van der Waals surface area (Å²) in [4.78, 5) is 24.6. The number of aliphatic carboxylic acids is 1. The van der Waals surface area contributed by atoms with Crippen molar-refractivity contribution in [3.8, 4) is 0 Å². The van der Waals surface area contributed by atoms with Crippen LogP contribution in [0.2, 0.25) is 0 Å². The van der Waals surface area contributed by atoms with Gasteiger partial charge >= 0.3 is 5.97 Å². The van der Waals surface area contributed by atoms with E-state index in [-0.39, 0.29) is 18.5 Å². The van der Waals surface area contributed by atoms with Gasteiger partial charge in [-0.15, -0.1) is 0 Å². The Balaban J connectivity index is 2.66. The number of amides is 1. The number of hydrogen-bond acceptors (Lipinski definition) is 3. The quantitative estimate of drug-likeness (QED) is 0.762. The molecule has 0 aromatic carbocycles. The van der Waals surface area contributed by atoms with Crippen LogP contribution in [0.4, 0.5) is 0 Å². The van der Waals surface area contributed by atoms with Crippen molar-refractivity contribution < 1.29 is 14.7 Å². The Morgan fingerprint density at radius 1 is 1.50 bits per heavy atom. The summed E-state index contributed by atoms with van der Waals surface area (Å²) < 4.78 is 1.42. The van der Waals surface area contributed by atoms with E-state index in [0.717, 1.165) is 6.54 Å². The molecule has 0 spiro atoms. The summed E-state index contributed by atoms with van der Waals surface area (Å²) in [6, 6.07) is 3.27. The third kappa shape index (κ3) is 4.21. The van der Waals surface area contributed by atoms with Gasteiger partial charge in [-0.3, -0.25) is 9.59 Å². The first-order chi connectivity index (χ1) is 8.40. The maximum absolute atomic E-state index is 12.0. The van der Waals surface area contributed by atoms with Crippen LogP contribution >= 0.6 is 0 Å². The second-order valence-electron chi connectivity index (χ2n) is 4.55. The smallest absolute Gasteiger partial charge is 0.323 e. The molecule has 1 amide bonds. The number of carbonyl (C=O) groups excluding carboxylic acids is 1. The number of hydrogen-bond donors (Lipinski definition) is 2. The first-order valence-corrected chi connectivity index (χ1v) is 5.72. The topological polar surface area (TPSA) is 74.6 Å². The fourth-order valence-electron chi connectivity index (χ4n) is 1.79. The normalized spacial score (nSPS) is 12.4. The third-order valence-corrected chi connectivity index (χ3v) is 2.38. The van der Waals surface area contributed by atoms with E-state index < -0.39 is 5.97 Å². The molecule has 6 heteroatoms.